The van der Waals surface area contributed by atoms with Crippen molar-refractivity contribution in [2.24, 2.45) is 0 Å². The Kier molecular flexibility index (Phi) is 3.45. The van der Waals surface area contributed by atoms with Gasteiger partial charge in [-0.2, -0.15) is 5.26 Å². The van der Waals surface area contributed by atoms with Gasteiger partial charge in [-0.05, 0) is 6.92 Å². The van der Waals surface area contributed by atoms with Crippen LogP contribution < -0.4 is 0 Å². The Balaban J connectivity index is 3.43. The molecular weight excluding hydrogens is 220 g/mol. The molecule has 1 aromatic rings. The largest absolute Gasteiger partial charge is 0.280 e. The highest BCUT2D eigenvalue weighted by atomic mass is 19.3. The molecule has 0 atom stereocenters. The van der Waals surface area contributed by atoms with Gasteiger partial charge in [-0.1, -0.05) is 0 Å². The molecule has 0 aliphatic rings. The predicted octanol–water partition coefficient (Wildman–Crippen LogP) is 2.30. The van der Waals surface area contributed by atoms with Crippen LogP contribution in [0.4, 0.5) is 14.5 Å². The Bertz CT molecular complexity index is 469. The second-order valence-corrected chi connectivity index (χ2v) is 3.03. The quantitative estimate of drug-likeness (QED) is 0.586. The Morgan fingerprint density at radius 3 is 2.75 bits per heavy atom. The van der Waals surface area contributed by atoms with Gasteiger partial charge in [-0.3, -0.25) is 15.1 Å². The Morgan fingerprint density at radius 1 is 1.69 bits per heavy atom. The first kappa shape index (κ1) is 12.0. The maximum atomic E-state index is 12.4. The number of halogens is 2. The number of nitriles is 1. The van der Waals surface area contributed by atoms with Crippen LogP contribution in [0.15, 0.2) is 6.20 Å². The summed E-state index contributed by atoms with van der Waals surface area (Å²) in [6.07, 6.45) is -2.14. The van der Waals surface area contributed by atoms with Crippen LogP contribution in [0, 0.1) is 28.4 Å². The van der Waals surface area contributed by atoms with Gasteiger partial charge in [0.15, 0.2) is 0 Å². The Labute approximate surface area is 89.5 Å². The number of hydrogen-bond donors (Lipinski definition) is 0. The van der Waals surface area contributed by atoms with Crippen molar-refractivity contribution in [3.63, 3.8) is 0 Å². The van der Waals surface area contributed by atoms with Crippen molar-refractivity contribution in [2.75, 3.05) is 0 Å². The highest BCUT2D eigenvalue weighted by Crippen LogP contribution is 2.30. The molecule has 84 valence electrons. The van der Waals surface area contributed by atoms with Crippen LogP contribution in [0.1, 0.15) is 23.2 Å². The lowest BCUT2D eigenvalue weighted by atomic mass is 10.1. The Hall–Kier alpha value is -2.10. The fourth-order valence-corrected chi connectivity index (χ4v) is 1.36. The number of nitro groups is 1. The van der Waals surface area contributed by atoms with Crippen LogP contribution in [-0.2, 0) is 6.42 Å². The van der Waals surface area contributed by atoms with E-state index in [1.807, 2.05) is 0 Å². The number of rotatable bonds is 3. The molecule has 0 fully saturated rings. The molecule has 1 heterocycles. The van der Waals surface area contributed by atoms with Crippen molar-refractivity contribution in [3.05, 3.63) is 33.1 Å². The molecule has 0 aliphatic heterocycles. The molecule has 16 heavy (non-hydrogen) atoms. The van der Waals surface area contributed by atoms with Gasteiger partial charge in [-0.15, -0.1) is 0 Å². The van der Waals surface area contributed by atoms with Gasteiger partial charge in [0.2, 0.25) is 0 Å². The molecule has 5 nitrogen and oxygen atoms in total. The van der Waals surface area contributed by atoms with E-state index in [9.17, 15) is 18.9 Å². The number of nitrogens with zero attached hydrogens (tertiary/aromatic N) is 3. The first-order valence-electron chi connectivity index (χ1n) is 4.27. The van der Waals surface area contributed by atoms with E-state index in [0.717, 1.165) is 6.20 Å². The predicted molar refractivity (Wildman–Crippen MR) is 49.9 cm³/mol. The molecule has 0 saturated heterocycles. The normalized spacial score (nSPS) is 10.2. The van der Waals surface area contributed by atoms with Gasteiger partial charge in [0.05, 0.1) is 28.5 Å². The van der Waals surface area contributed by atoms with E-state index >= 15 is 0 Å². The smallest absolute Gasteiger partial charge is 0.258 e. The van der Waals surface area contributed by atoms with E-state index in [2.05, 4.69) is 4.98 Å². The average molecular weight is 227 g/mol. The highest BCUT2D eigenvalue weighted by molar-refractivity contribution is 5.49. The fourth-order valence-electron chi connectivity index (χ4n) is 1.36. The second-order valence-electron chi connectivity index (χ2n) is 3.03. The summed E-state index contributed by atoms with van der Waals surface area (Å²) in [7, 11) is 0. The number of alkyl halides is 2. The fraction of sp³-hybridized carbons (Fsp3) is 0.333. The minimum absolute atomic E-state index is 0.0504. The van der Waals surface area contributed by atoms with E-state index in [0.29, 0.717) is 0 Å². The molecule has 1 rings (SSSR count). The second kappa shape index (κ2) is 4.61. The zero-order chi connectivity index (χ0) is 12.3. The summed E-state index contributed by atoms with van der Waals surface area (Å²) < 4.78 is 24.9. The standard InChI is InChI=1S/C9H7F2N3O2/c1-5-7(9(10)11)13-4-6(2-3-12)8(5)14(15)16/h4,9H,2H2,1H3. The van der Waals surface area contributed by atoms with Crippen LogP contribution in [0.3, 0.4) is 0 Å². The average Bonchev–Trinajstić information content (AvgIpc) is 2.17. The van der Waals surface area contributed by atoms with E-state index < -0.39 is 22.7 Å². The van der Waals surface area contributed by atoms with Crippen molar-refractivity contribution in [3.8, 4) is 6.07 Å². The van der Waals surface area contributed by atoms with Crippen LogP contribution in [0.5, 0.6) is 0 Å². The van der Waals surface area contributed by atoms with Crippen LogP contribution >= 0.6 is 0 Å². The summed E-state index contributed by atoms with van der Waals surface area (Å²) in [5.74, 6) is 0. The van der Waals surface area contributed by atoms with Crippen molar-refractivity contribution >= 4 is 5.69 Å². The number of aromatic nitrogens is 1. The lowest BCUT2D eigenvalue weighted by Crippen LogP contribution is -2.04. The van der Waals surface area contributed by atoms with Crippen molar-refractivity contribution in [2.45, 2.75) is 19.8 Å². The van der Waals surface area contributed by atoms with Gasteiger partial charge in [0.25, 0.3) is 12.1 Å². The summed E-state index contributed by atoms with van der Waals surface area (Å²) in [5, 5.41) is 19.2. The molecule has 0 radical (unpaired) electrons. The van der Waals surface area contributed by atoms with Gasteiger partial charge >= 0.3 is 0 Å². The molecule has 0 bridgehead atoms. The summed E-state index contributed by atoms with van der Waals surface area (Å²) in [5.41, 5.74) is -1.21. The van der Waals surface area contributed by atoms with Gasteiger partial charge in [-0.25, -0.2) is 8.78 Å². The lowest BCUT2D eigenvalue weighted by molar-refractivity contribution is -0.386. The first-order valence-corrected chi connectivity index (χ1v) is 4.27. The zero-order valence-electron chi connectivity index (χ0n) is 8.28. The van der Waals surface area contributed by atoms with Gasteiger partial charge in [0.1, 0.15) is 5.69 Å². The summed E-state index contributed by atoms with van der Waals surface area (Å²) in [6.45, 7) is 1.20. The summed E-state index contributed by atoms with van der Waals surface area (Å²) >= 11 is 0. The van der Waals surface area contributed by atoms with Crippen LogP contribution in [0.2, 0.25) is 0 Å². The minimum atomic E-state index is -2.87. The maximum Gasteiger partial charge on any atom is 0.280 e. The van der Waals surface area contributed by atoms with Gasteiger partial charge < -0.3 is 0 Å². The van der Waals surface area contributed by atoms with E-state index in [-0.39, 0.29) is 17.5 Å². The molecule has 0 unspecified atom stereocenters. The lowest BCUT2D eigenvalue weighted by Gasteiger charge is -2.06. The molecule has 0 N–H and O–H groups in total. The van der Waals surface area contributed by atoms with Crippen molar-refractivity contribution < 1.29 is 13.7 Å². The Morgan fingerprint density at radius 2 is 2.31 bits per heavy atom. The molecule has 0 aromatic carbocycles. The highest BCUT2D eigenvalue weighted by Gasteiger charge is 2.24. The number of hydrogen-bond acceptors (Lipinski definition) is 4. The minimum Gasteiger partial charge on any atom is -0.258 e. The third kappa shape index (κ3) is 2.11. The summed E-state index contributed by atoms with van der Waals surface area (Å²) in [4.78, 5) is 13.4. The number of pyridine rings is 1. The zero-order valence-corrected chi connectivity index (χ0v) is 8.28. The molecule has 0 amide bonds. The van der Waals surface area contributed by atoms with Crippen LogP contribution in [0.25, 0.3) is 0 Å². The monoisotopic (exact) mass is 227 g/mol. The van der Waals surface area contributed by atoms with E-state index in [1.165, 1.54) is 6.92 Å². The van der Waals surface area contributed by atoms with E-state index in [1.54, 1.807) is 6.07 Å². The van der Waals surface area contributed by atoms with Crippen molar-refractivity contribution in [1.82, 2.24) is 4.98 Å². The van der Waals surface area contributed by atoms with Crippen molar-refractivity contribution in [1.29, 1.82) is 5.26 Å². The SMILES string of the molecule is Cc1c(C(F)F)ncc(CC#N)c1[N+](=O)[O-]. The third-order valence-electron chi connectivity index (χ3n) is 2.06. The van der Waals surface area contributed by atoms with Crippen LogP contribution in [-0.4, -0.2) is 9.91 Å². The molecule has 0 spiro atoms. The molecule has 1 aromatic heterocycles. The molecular formula is C9H7F2N3O2. The third-order valence-corrected chi connectivity index (χ3v) is 2.06. The molecule has 0 aliphatic carbocycles. The van der Waals surface area contributed by atoms with E-state index in [4.69, 9.17) is 5.26 Å². The maximum absolute atomic E-state index is 12.4. The molecule has 0 saturated carbocycles. The van der Waals surface area contributed by atoms with Gasteiger partial charge in [0, 0.05) is 6.20 Å². The summed E-state index contributed by atoms with van der Waals surface area (Å²) in [6, 6.07) is 1.72. The topological polar surface area (TPSA) is 79.8 Å². The first-order chi connectivity index (χ1) is 7.49. The molecule has 7 heteroatoms.